The van der Waals surface area contributed by atoms with E-state index >= 15 is 0 Å². The van der Waals surface area contributed by atoms with Gasteiger partial charge in [0.2, 0.25) is 5.91 Å². The maximum absolute atomic E-state index is 12.1. The van der Waals surface area contributed by atoms with Gasteiger partial charge in [-0.15, -0.1) is 11.8 Å². The van der Waals surface area contributed by atoms with Crippen molar-refractivity contribution in [1.29, 1.82) is 0 Å². The highest BCUT2D eigenvalue weighted by molar-refractivity contribution is 8.01. The maximum Gasteiger partial charge on any atom is 0.230 e. The molecule has 2 fully saturated rings. The van der Waals surface area contributed by atoms with E-state index in [-0.39, 0.29) is 10.7 Å². The fraction of sp³-hybridized carbons (Fsp3) is 0.917. The summed E-state index contributed by atoms with van der Waals surface area (Å²) in [4.78, 5) is 14.2. The monoisotopic (exact) mass is 227 g/mol. The van der Waals surface area contributed by atoms with Crippen molar-refractivity contribution in [3.05, 3.63) is 0 Å². The molecule has 2 saturated heterocycles. The third-order valence-electron chi connectivity index (χ3n) is 4.23. The smallest absolute Gasteiger partial charge is 0.230 e. The minimum atomic E-state index is 0.225. The first-order chi connectivity index (χ1) is 6.90. The second-order valence-corrected chi connectivity index (χ2v) is 7.22. The quantitative estimate of drug-likeness (QED) is 0.676. The summed E-state index contributed by atoms with van der Waals surface area (Å²) in [7, 11) is 0. The lowest BCUT2D eigenvalue weighted by Gasteiger charge is -2.46. The number of amides is 1. The molecule has 0 aliphatic carbocycles. The highest BCUT2D eigenvalue weighted by atomic mass is 32.2. The third kappa shape index (κ3) is 1.42. The van der Waals surface area contributed by atoms with Crippen LogP contribution in [0.15, 0.2) is 0 Å². The lowest BCUT2D eigenvalue weighted by Crippen LogP contribution is -2.61. The molecule has 0 N–H and O–H groups in total. The summed E-state index contributed by atoms with van der Waals surface area (Å²) >= 11 is 1.99. The zero-order chi connectivity index (χ0) is 11.4. The Morgan fingerprint density at radius 1 is 1.53 bits per heavy atom. The van der Waals surface area contributed by atoms with Crippen molar-refractivity contribution in [3.8, 4) is 0 Å². The van der Waals surface area contributed by atoms with Gasteiger partial charge < -0.3 is 4.90 Å². The van der Waals surface area contributed by atoms with Crippen molar-refractivity contribution in [3.63, 3.8) is 0 Å². The topological polar surface area (TPSA) is 20.3 Å². The zero-order valence-corrected chi connectivity index (χ0v) is 11.1. The summed E-state index contributed by atoms with van der Waals surface area (Å²) < 4.78 is 0.225. The first-order valence-corrected chi connectivity index (χ1v) is 6.78. The van der Waals surface area contributed by atoms with Gasteiger partial charge in [0.1, 0.15) is 0 Å². The first kappa shape index (κ1) is 11.3. The van der Waals surface area contributed by atoms with E-state index in [1.807, 2.05) is 11.8 Å². The summed E-state index contributed by atoms with van der Waals surface area (Å²) in [5, 5.41) is 0.456. The van der Waals surface area contributed by atoms with Crippen LogP contribution in [0.1, 0.15) is 41.0 Å². The van der Waals surface area contributed by atoms with Crippen molar-refractivity contribution in [2.45, 2.75) is 57.2 Å². The van der Waals surface area contributed by atoms with Crippen LogP contribution in [-0.2, 0) is 4.79 Å². The Labute approximate surface area is 96.8 Å². The van der Waals surface area contributed by atoms with Crippen LogP contribution in [0.25, 0.3) is 0 Å². The van der Waals surface area contributed by atoms with Crippen molar-refractivity contribution >= 4 is 17.7 Å². The van der Waals surface area contributed by atoms with Gasteiger partial charge in [-0.25, -0.2) is 0 Å². The van der Waals surface area contributed by atoms with Crippen LogP contribution in [-0.4, -0.2) is 27.0 Å². The molecule has 0 aromatic rings. The Hall–Kier alpha value is -0.180. The van der Waals surface area contributed by atoms with Crippen LogP contribution in [0.4, 0.5) is 0 Å². The molecule has 86 valence electrons. The Morgan fingerprint density at radius 3 is 2.67 bits per heavy atom. The summed E-state index contributed by atoms with van der Waals surface area (Å²) in [6.07, 6.45) is 1.11. The molecule has 0 saturated carbocycles. The number of carbonyl (C=O) groups excluding carboxylic acids is 1. The number of carbonyl (C=O) groups is 1. The highest BCUT2D eigenvalue weighted by Crippen LogP contribution is 2.54. The van der Waals surface area contributed by atoms with E-state index in [1.54, 1.807) is 0 Å². The molecule has 0 radical (unpaired) electrons. The van der Waals surface area contributed by atoms with Crippen molar-refractivity contribution in [2.24, 2.45) is 11.8 Å². The third-order valence-corrected chi connectivity index (χ3v) is 5.94. The predicted octanol–water partition coefficient (Wildman–Crippen LogP) is 2.73. The molecule has 15 heavy (non-hydrogen) atoms. The van der Waals surface area contributed by atoms with Gasteiger partial charge in [0.15, 0.2) is 0 Å². The van der Waals surface area contributed by atoms with E-state index in [2.05, 4.69) is 39.5 Å². The SMILES string of the molecule is CCC(C)[C@@H]1C(=O)N2C(C)C(C)(C)S[C@H]12. The van der Waals surface area contributed by atoms with Crippen LogP contribution >= 0.6 is 11.8 Å². The number of β-lactam (4-membered cyclic amide) rings is 1. The van der Waals surface area contributed by atoms with E-state index in [0.717, 1.165) is 6.42 Å². The molecule has 2 rings (SSSR count). The fourth-order valence-corrected chi connectivity index (χ4v) is 4.44. The number of hydrogen-bond donors (Lipinski definition) is 0. The van der Waals surface area contributed by atoms with Gasteiger partial charge in [0.25, 0.3) is 0 Å². The van der Waals surface area contributed by atoms with E-state index in [9.17, 15) is 4.79 Å². The van der Waals surface area contributed by atoms with Crippen LogP contribution in [0.3, 0.4) is 0 Å². The Bertz CT molecular complexity index is 289. The Morgan fingerprint density at radius 2 is 2.13 bits per heavy atom. The summed E-state index contributed by atoms with van der Waals surface area (Å²) in [5.74, 6) is 1.21. The minimum Gasteiger partial charge on any atom is -0.325 e. The fourth-order valence-electron chi connectivity index (χ4n) is 2.57. The van der Waals surface area contributed by atoms with Crippen molar-refractivity contribution in [2.75, 3.05) is 0 Å². The number of thioether (sulfide) groups is 1. The molecule has 2 unspecified atom stereocenters. The molecular weight excluding hydrogens is 206 g/mol. The molecule has 2 nitrogen and oxygen atoms in total. The number of hydrogen-bond acceptors (Lipinski definition) is 2. The van der Waals surface area contributed by atoms with Gasteiger partial charge >= 0.3 is 0 Å². The molecule has 2 aliphatic heterocycles. The van der Waals surface area contributed by atoms with Crippen LogP contribution < -0.4 is 0 Å². The van der Waals surface area contributed by atoms with Gasteiger partial charge in [0.05, 0.1) is 11.3 Å². The van der Waals surface area contributed by atoms with E-state index in [4.69, 9.17) is 0 Å². The van der Waals surface area contributed by atoms with Gasteiger partial charge in [0, 0.05) is 10.8 Å². The molecule has 2 aliphatic rings. The second kappa shape index (κ2) is 3.41. The van der Waals surface area contributed by atoms with Crippen LogP contribution in [0.2, 0.25) is 0 Å². The molecule has 0 spiro atoms. The minimum absolute atomic E-state index is 0.225. The molecule has 2 heterocycles. The van der Waals surface area contributed by atoms with E-state index in [0.29, 0.717) is 23.2 Å². The van der Waals surface area contributed by atoms with Crippen LogP contribution in [0, 0.1) is 11.8 Å². The highest BCUT2D eigenvalue weighted by Gasteiger charge is 2.60. The Kier molecular flexibility index (Phi) is 2.57. The number of fused-ring (bicyclic) bond motifs is 1. The maximum atomic E-state index is 12.1. The number of nitrogens with zero attached hydrogens (tertiary/aromatic N) is 1. The first-order valence-electron chi connectivity index (χ1n) is 5.90. The molecule has 3 heteroatoms. The normalized spacial score (nSPS) is 39.9. The molecule has 0 aromatic carbocycles. The summed E-state index contributed by atoms with van der Waals surface area (Å²) in [6, 6.07) is 0.389. The van der Waals surface area contributed by atoms with Gasteiger partial charge in [-0.1, -0.05) is 20.3 Å². The lowest BCUT2D eigenvalue weighted by molar-refractivity contribution is -0.156. The zero-order valence-electron chi connectivity index (χ0n) is 10.3. The molecule has 1 amide bonds. The van der Waals surface area contributed by atoms with Gasteiger partial charge in [-0.2, -0.15) is 0 Å². The van der Waals surface area contributed by atoms with Crippen LogP contribution in [0.5, 0.6) is 0 Å². The van der Waals surface area contributed by atoms with Crippen molar-refractivity contribution < 1.29 is 4.79 Å². The van der Waals surface area contributed by atoms with Gasteiger partial charge in [-0.3, -0.25) is 4.79 Å². The standard InChI is InChI=1S/C12H21NOS/c1-6-7(2)9-10(14)13-8(3)12(4,5)15-11(9)13/h7-9,11H,6H2,1-5H3/t7?,8?,9-,11-/m1/s1. The summed E-state index contributed by atoms with van der Waals surface area (Å²) in [6.45, 7) is 11.1. The average Bonchev–Trinajstić information content (AvgIpc) is 2.35. The molecule has 0 aromatic heterocycles. The molecule has 0 bridgehead atoms. The largest absolute Gasteiger partial charge is 0.325 e. The molecule has 4 atom stereocenters. The predicted molar refractivity (Wildman–Crippen MR) is 64.7 cm³/mol. The number of rotatable bonds is 2. The molecular formula is C12H21NOS. The summed E-state index contributed by atoms with van der Waals surface area (Å²) in [5.41, 5.74) is 0. The Balaban J connectivity index is 2.16. The van der Waals surface area contributed by atoms with Crippen molar-refractivity contribution in [1.82, 2.24) is 4.90 Å². The van der Waals surface area contributed by atoms with Gasteiger partial charge in [-0.05, 0) is 26.7 Å². The van der Waals surface area contributed by atoms with E-state index < -0.39 is 0 Å². The average molecular weight is 227 g/mol. The lowest BCUT2D eigenvalue weighted by atomic mass is 9.82. The van der Waals surface area contributed by atoms with E-state index in [1.165, 1.54) is 0 Å². The second-order valence-electron chi connectivity index (χ2n) is 5.44.